The zero-order chi connectivity index (χ0) is 15.2. The molecule has 0 aliphatic rings. The van der Waals surface area contributed by atoms with Crippen molar-refractivity contribution in [3.05, 3.63) is 35.8 Å². The molecule has 0 aromatic carbocycles. The van der Waals surface area contributed by atoms with Crippen molar-refractivity contribution in [1.82, 2.24) is 10.2 Å². The van der Waals surface area contributed by atoms with Crippen LogP contribution in [-0.4, -0.2) is 23.5 Å². The third-order valence-corrected chi connectivity index (χ3v) is 3.19. The normalized spacial score (nSPS) is 12.1. The van der Waals surface area contributed by atoms with Gasteiger partial charge in [0.15, 0.2) is 0 Å². The van der Waals surface area contributed by atoms with Crippen LogP contribution >= 0.6 is 0 Å². The first kappa shape index (κ1) is 17.0. The molecule has 0 amide bonds. The lowest BCUT2D eigenvalue weighted by atomic mass is 10.1. The Morgan fingerprint density at radius 1 is 1.40 bits per heavy atom. The van der Waals surface area contributed by atoms with E-state index in [1.165, 1.54) is 5.56 Å². The average Bonchev–Trinajstić information content (AvgIpc) is 2.67. The van der Waals surface area contributed by atoms with Crippen LogP contribution < -0.4 is 5.32 Å². The molecular weight excluding hydrogens is 248 g/mol. The van der Waals surface area contributed by atoms with Gasteiger partial charge >= 0.3 is 0 Å². The summed E-state index contributed by atoms with van der Waals surface area (Å²) in [5, 5.41) is 3.51. The SMILES string of the molecule is C=CCN(CCC)Cc1cc(CNC(C)(C)C)c(C)o1. The van der Waals surface area contributed by atoms with Gasteiger partial charge in [-0.15, -0.1) is 6.58 Å². The van der Waals surface area contributed by atoms with Gasteiger partial charge < -0.3 is 9.73 Å². The van der Waals surface area contributed by atoms with Gasteiger partial charge in [0.25, 0.3) is 0 Å². The van der Waals surface area contributed by atoms with Crippen molar-refractivity contribution in [2.24, 2.45) is 0 Å². The highest BCUT2D eigenvalue weighted by Crippen LogP contribution is 2.17. The third kappa shape index (κ3) is 5.93. The molecule has 0 unspecified atom stereocenters. The van der Waals surface area contributed by atoms with Crippen molar-refractivity contribution in [3.8, 4) is 0 Å². The van der Waals surface area contributed by atoms with Gasteiger partial charge in [-0.25, -0.2) is 0 Å². The first-order valence-electron chi connectivity index (χ1n) is 7.52. The number of nitrogens with zero attached hydrogens (tertiary/aromatic N) is 1. The van der Waals surface area contributed by atoms with Gasteiger partial charge in [-0.05, 0) is 46.7 Å². The van der Waals surface area contributed by atoms with E-state index in [0.717, 1.165) is 44.1 Å². The topological polar surface area (TPSA) is 28.4 Å². The van der Waals surface area contributed by atoms with Crippen LogP contribution in [-0.2, 0) is 13.1 Å². The maximum absolute atomic E-state index is 5.89. The Bertz CT molecular complexity index is 415. The molecule has 1 heterocycles. The lowest BCUT2D eigenvalue weighted by molar-refractivity contribution is 0.266. The van der Waals surface area contributed by atoms with Crippen molar-refractivity contribution in [1.29, 1.82) is 0 Å². The van der Waals surface area contributed by atoms with Gasteiger partial charge in [0.05, 0.1) is 6.54 Å². The van der Waals surface area contributed by atoms with Gasteiger partial charge in [-0.1, -0.05) is 13.0 Å². The van der Waals surface area contributed by atoms with Gasteiger partial charge in [0.2, 0.25) is 0 Å². The molecule has 1 aromatic heterocycles. The van der Waals surface area contributed by atoms with Crippen molar-refractivity contribution < 1.29 is 4.42 Å². The molecule has 1 rings (SSSR count). The predicted molar refractivity (Wildman–Crippen MR) is 85.8 cm³/mol. The number of furan rings is 1. The van der Waals surface area contributed by atoms with Crippen LogP contribution in [0.3, 0.4) is 0 Å². The summed E-state index contributed by atoms with van der Waals surface area (Å²) >= 11 is 0. The van der Waals surface area contributed by atoms with Crippen LogP contribution in [0.25, 0.3) is 0 Å². The van der Waals surface area contributed by atoms with E-state index in [2.05, 4.69) is 50.6 Å². The third-order valence-electron chi connectivity index (χ3n) is 3.19. The summed E-state index contributed by atoms with van der Waals surface area (Å²) in [6.45, 7) is 18.3. The Balaban J connectivity index is 2.65. The summed E-state index contributed by atoms with van der Waals surface area (Å²) in [5.74, 6) is 2.07. The highest BCUT2D eigenvalue weighted by Gasteiger charge is 2.13. The van der Waals surface area contributed by atoms with Gasteiger partial charge in [-0.2, -0.15) is 0 Å². The molecule has 0 fully saturated rings. The van der Waals surface area contributed by atoms with Crippen LogP contribution in [0.1, 0.15) is 51.2 Å². The number of hydrogen-bond donors (Lipinski definition) is 1. The van der Waals surface area contributed by atoms with Crippen LogP contribution in [0.2, 0.25) is 0 Å². The highest BCUT2D eigenvalue weighted by molar-refractivity contribution is 5.21. The molecule has 3 nitrogen and oxygen atoms in total. The van der Waals surface area contributed by atoms with E-state index >= 15 is 0 Å². The standard InChI is InChI=1S/C17H30N2O/c1-7-9-19(10-8-2)13-16-11-15(14(3)20-16)12-18-17(4,5)6/h7,11,18H,1,8-10,12-13H2,2-6H3. The van der Waals surface area contributed by atoms with E-state index < -0.39 is 0 Å². The summed E-state index contributed by atoms with van der Waals surface area (Å²) < 4.78 is 5.89. The molecule has 0 aliphatic carbocycles. The minimum atomic E-state index is 0.126. The Morgan fingerprint density at radius 2 is 2.10 bits per heavy atom. The minimum absolute atomic E-state index is 0.126. The summed E-state index contributed by atoms with van der Waals surface area (Å²) in [4.78, 5) is 2.35. The van der Waals surface area contributed by atoms with Gasteiger partial charge in [0, 0.05) is 24.2 Å². The number of aryl methyl sites for hydroxylation is 1. The van der Waals surface area contributed by atoms with E-state index in [4.69, 9.17) is 4.42 Å². The lowest BCUT2D eigenvalue weighted by Gasteiger charge is -2.20. The molecule has 0 aliphatic heterocycles. The summed E-state index contributed by atoms with van der Waals surface area (Å²) in [7, 11) is 0. The van der Waals surface area contributed by atoms with Gasteiger partial charge in [-0.3, -0.25) is 4.90 Å². The lowest BCUT2D eigenvalue weighted by Crippen LogP contribution is -2.35. The van der Waals surface area contributed by atoms with Gasteiger partial charge in [0.1, 0.15) is 11.5 Å². The number of rotatable bonds is 8. The van der Waals surface area contributed by atoms with Crippen LogP contribution in [0.4, 0.5) is 0 Å². The van der Waals surface area contributed by atoms with Crippen LogP contribution in [0, 0.1) is 6.92 Å². The molecular formula is C17H30N2O. The predicted octanol–water partition coefficient (Wildman–Crippen LogP) is 3.87. The molecule has 20 heavy (non-hydrogen) atoms. The number of nitrogens with one attached hydrogen (secondary N) is 1. The fraction of sp³-hybridized carbons (Fsp3) is 0.647. The second-order valence-electron chi connectivity index (χ2n) is 6.42. The zero-order valence-electron chi connectivity index (χ0n) is 13.8. The molecule has 1 N–H and O–H groups in total. The monoisotopic (exact) mass is 278 g/mol. The minimum Gasteiger partial charge on any atom is -0.465 e. The summed E-state index contributed by atoms with van der Waals surface area (Å²) in [6.07, 6.45) is 3.10. The zero-order valence-corrected chi connectivity index (χ0v) is 13.8. The fourth-order valence-corrected chi connectivity index (χ4v) is 2.16. The van der Waals surface area contributed by atoms with Crippen LogP contribution in [0.5, 0.6) is 0 Å². The van der Waals surface area contributed by atoms with E-state index in [0.29, 0.717) is 0 Å². The smallest absolute Gasteiger partial charge is 0.118 e. The van der Waals surface area contributed by atoms with Crippen molar-refractivity contribution in [2.45, 2.75) is 59.7 Å². The van der Waals surface area contributed by atoms with E-state index in [1.54, 1.807) is 0 Å². The molecule has 1 aromatic rings. The maximum Gasteiger partial charge on any atom is 0.118 e. The Morgan fingerprint density at radius 3 is 2.65 bits per heavy atom. The molecule has 0 saturated heterocycles. The average molecular weight is 278 g/mol. The largest absolute Gasteiger partial charge is 0.465 e. The molecule has 0 radical (unpaired) electrons. The van der Waals surface area contributed by atoms with Crippen molar-refractivity contribution in [2.75, 3.05) is 13.1 Å². The van der Waals surface area contributed by atoms with E-state index in [9.17, 15) is 0 Å². The van der Waals surface area contributed by atoms with E-state index in [-0.39, 0.29) is 5.54 Å². The summed E-state index contributed by atoms with van der Waals surface area (Å²) in [6, 6.07) is 2.18. The molecule has 0 bridgehead atoms. The fourth-order valence-electron chi connectivity index (χ4n) is 2.16. The summed E-state index contributed by atoms with van der Waals surface area (Å²) in [5.41, 5.74) is 1.38. The molecule has 3 heteroatoms. The maximum atomic E-state index is 5.89. The van der Waals surface area contributed by atoms with Crippen molar-refractivity contribution >= 4 is 0 Å². The molecule has 114 valence electrons. The Labute approximate surface area is 124 Å². The molecule has 0 atom stereocenters. The number of hydrogen-bond acceptors (Lipinski definition) is 3. The second kappa shape index (κ2) is 7.65. The van der Waals surface area contributed by atoms with Crippen molar-refractivity contribution in [3.63, 3.8) is 0 Å². The Kier molecular flexibility index (Phi) is 6.50. The molecule has 0 spiro atoms. The first-order valence-corrected chi connectivity index (χ1v) is 7.52. The first-order chi connectivity index (χ1) is 9.35. The quantitative estimate of drug-likeness (QED) is 0.732. The molecule has 0 saturated carbocycles. The van der Waals surface area contributed by atoms with E-state index in [1.807, 2.05) is 13.0 Å². The second-order valence-corrected chi connectivity index (χ2v) is 6.42. The Hall–Kier alpha value is -1.06. The highest BCUT2D eigenvalue weighted by atomic mass is 16.3. The van der Waals surface area contributed by atoms with Crippen LogP contribution in [0.15, 0.2) is 23.1 Å².